The Morgan fingerprint density at radius 3 is 2.66 bits per heavy atom. The second-order valence-corrected chi connectivity index (χ2v) is 9.35. The van der Waals surface area contributed by atoms with E-state index in [2.05, 4.69) is 15.0 Å². The van der Waals surface area contributed by atoms with E-state index in [9.17, 15) is 13.2 Å². The van der Waals surface area contributed by atoms with Crippen LogP contribution in [0.5, 0.6) is 5.88 Å². The van der Waals surface area contributed by atoms with Gasteiger partial charge in [0.15, 0.2) is 0 Å². The summed E-state index contributed by atoms with van der Waals surface area (Å²) in [5.74, 6) is 0.242. The van der Waals surface area contributed by atoms with Gasteiger partial charge in [-0.3, -0.25) is 4.79 Å². The summed E-state index contributed by atoms with van der Waals surface area (Å²) in [5.41, 5.74) is 1.18. The van der Waals surface area contributed by atoms with Gasteiger partial charge in [-0.15, -0.1) is 0 Å². The van der Waals surface area contributed by atoms with Gasteiger partial charge in [0, 0.05) is 30.4 Å². The van der Waals surface area contributed by atoms with Crippen molar-refractivity contribution in [2.24, 2.45) is 0 Å². The van der Waals surface area contributed by atoms with Crippen LogP contribution in [0.15, 0.2) is 47.5 Å². The van der Waals surface area contributed by atoms with Gasteiger partial charge in [0.1, 0.15) is 6.10 Å². The lowest BCUT2D eigenvalue weighted by molar-refractivity contribution is 0.0950. The topological polar surface area (TPSA) is 97.4 Å². The Balaban J connectivity index is 1.37. The van der Waals surface area contributed by atoms with Crippen LogP contribution < -0.4 is 14.8 Å². The number of nitrogens with one attached hydrogen (secondary N) is 2. The normalized spacial score (nSPS) is 17.2. The van der Waals surface area contributed by atoms with Crippen molar-refractivity contribution >= 4 is 15.9 Å². The monoisotopic (exact) mass is 415 g/mol. The molecule has 0 radical (unpaired) electrons. The Kier molecular flexibility index (Phi) is 5.82. The fourth-order valence-electron chi connectivity index (χ4n) is 3.38. The van der Waals surface area contributed by atoms with E-state index in [-0.39, 0.29) is 22.9 Å². The fraction of sp³-hybridized carbons (Fsp3) is 0.429. The van der Waals surface area contributed by atoms with Crippen molar-refractivity contribution in [3.63, 3.8) is 0 Å². The van der Waals surface area contributed by atoms with E-state index in [1.54, 1.807) is 18.3 Å². The molecule has 2 saturated carbocycles. The van der Waals surface area contributed by atoms with Gasteiger partial charge in [-0.1, -0.05) is 6.07 Å². The van der Waals surface area contributed by atoms with Gasteiger partial charge in [-0.2, -0.15) is 0 Å². The number of ether oxygens (including phenoxy) is 1. The van der Waals surface area contributed by atoms with E-state index >= 15 is 0 Å². The first-order chi connectivity index (χ1) is 14.0. The molecule has 8 heteroatoms. The first kappa shape index (κ1) is 19.8. The van der Waals surface area contributed by atoms with E-state index in [0.29, 0.717) is 18.0 Å². The van der Waals surface area contributed by atoms with Gasteiger partial charge < -0.3 is 10.1 Å². The van der Waals surface area contributed by atoms with E-state index in [4.69, 9.17) is 4.74 Å². The minimum absolute atomic E-state index is 0.0184. The first-order valence-corrected chi connectivity index (χ1v) is 11.5. The summed E-state index contributed by atoms with van der Waals surface area (Å²) in [7, 11) is -3.59. The van der Waals surface area contributed by atoms with Crippen LogP contribution in [-0.4, -0.2) is 31.5 Å². The van der Waals surface area contributed by atoms with Crippen LogP contribution in [0.3, 0.4) is 0 Å². The zero-order valence-corrected chi connectivity index (χ0v) is 17.0. The van der Waals surface area contributed by atoms with Crippen LogP contribution in [-0.2, 0) is 16.6 Å². The maximum atomic E-state index is 12.5. The molecule has 2 aromatic rings. The number of aromatic nitrogens is 1. The molecule has 0 unspecified atom stereocenters. The number of rotatable bonds is 8. The van der Waals surface area contributed by atoms with Crippen LogP contribution in [0.25, 0.3) is 0 Å². The number of benzene rings is 1. The molecule has 0 bridgehead atoms. The Morgan fingerprint density at radius 2 is 1.90 bits per heavy atom. The van der Waals surface area contributed by atoms with Crippen molar-refractivity contribution in [2.75, 3.05) is 0 Å². The molecule has 0 spiro atoms. The third-order valence-corrected chi connectivity index (χ3v) is 6.67. The lowest BCUT2D eigenvalue weighted by atomic mass is 10.2. The summed E-state index contributed by atoms with van der Waals surface area (Å²) in [6, 6.07) is 9.76. The average molecular weight is 416 g/mol. The number of nitrogens with zero attached hydrogens (tertiary/aromatic N) is 1. The molecule has 2 N–H and O–H groups in total. The quantitative estimate of drug-likeness (QED) is 0.691. The zero-order valence-electron chi connectivity index (χ0n) is 16.1. The predicted octanol–water partition coefficient (Wildman–Crippen LogP) is 2.77. The highest BCUT2D eigenvalue weighted by molar-refractivity contribution is 7.89. The maximum absolute atomic E-state index is 12.5. The molecular weight excluding hydrogens is 390 g/mol. The summed E-state index contributed by atoms with van der Waals surface area (Å²) >= 11 is 0. The van der Waals surface area contributed by atoms with E-state index < -0.39 is 10.0 Å². The lowest BCUT2D eigenvalue weighted by Crippen LogP contribution is -2.27. The Hall–Kier alpha value is -2.45. The molecule has 154 valence electrons. The van der Waals surface area contributed by atoms with Crippen molar-refractivity contribution in [3.05, 3.63) is 53.7 Å². The molecular formula is C21H25N3O4S. The van der Waals surface area contributed by atoms with E-state index in [1.165, 1.54) is 25.0 Å². The minimum Gasteiger partial charge on any atom is -0.474 e. The molecule has 2 aliphatic carbocycles. The first-order valence-electron chi connectivity index (χ1n) is 10.0. The summed E-state index contributed by atoms with van der Waals surface area (Å²) < 4.78 is 33.2. The Labute approximate surface area is 170 Å². The van der Waals surface area contributed by atoms with E-state index in [0.717, 1.165) is 31.2 Å². The third-order valence-electron chi connectivity index (χ3n) is 5.15. The van der Waals surface area contributed by atoms with Gasteiger partial charge in [0.25, 0.3) is 5.91 Å². The van der Waals surface area contributed by atoms with E-state index in [1.807, 2.05) is 12.1 Å². The van der Waals surface area contributed by atoms with Gasteiger partial charge in [-0.25, -0.2) is 18.1 Å². The summed E-state index contributed by atoms with van der Waals surface area (Å²) in [5, 5.41) is 2.83. The molecule has 2 aliphatic rings. The molecule has 1 heterocycles. The van der Waals surface area contributed by atoms with Gasteiger partial charge in [-0.05, 0) is 68.4 Å². The highest BCUT2D eigenvalue weighted by atomic mass is 32.2. The number of amides is 1. The molecule has 29 heavy (non-hydrogen) atoms. The smallest absolute Gasteiger partial charge is 0.251 e. The highest BCUT2D eigenvalue weighted by Gasteiger charge is 2.28. The fourth-order valence-corrected chi connectivity index (χ4v) is 4.73. The van der Waals surface area contributed by atoms with Crippen molar-refractivity contribution < 1.29 is 17.9 Å². The molecule has 1 aromatic heterocycles. The van der Waals surface area contributed by atoms with Gasteiger partial charge in [0.2, 0.25) is 15.9 Å². The van der Waals surface area contributed by atoms with Crippen LogP contribution in [0.2, 0.25) is 0 Å². The number of hydrogen-bond acceptors (Lipinski definition) is 5. The van der Waals surface area contributed by atoms with Crippen LogP contribution in [0.1, 0.15) is 54.4 Å². The molecule has 2 fully saturated rings. The van der Waals surface area contributed by atoms with Crippen molar-refractivity contribution in [3.8, 4) is 5.88 Å². The highest BCUT2D eigenvalue weighted by Crippen LogP contribution is 2.24. The van der Waals surface area contributed by atoms with Crippen LogP contribution in [0, 0.1) is 0 Å². The van der Waals surface area contributed by atoms with Crippen LogP contribution in [0.4, 0.5) is 0 Å². The zero-order chi connectivity index (χ0) is 20.3. The number of sulfonamides is 1. The number of carbonyl (C=O) groups is 1. The molecule has 7 nitrogen and oxygen atoms in total. The maximum Gasteiger partial charge on any atom is 0.251 e. The second-order valence-electron chi connectivity index (χ2n) is 7.63. The molecule has 0 saturated heterocycles. The lowest BCUT2D eigenvalue weighted by Gasteiger charge is -2.13. The average Bonchev–Trinajstić information content (AvgIpc) is 3.37. The predicted molar refractivity (Wildman–Crippen MR) is 108 cm³/mol. The second kappa shape index (κ2) is 8.51. The molecule has 1 aromatic carbocycles. The number of carbonyl (C=O) groups excluding carboxylic acids is 1. The molecule has 0 atom stereocenters. The van der Waals surface area contributed by atoms with Crippen molar-refractivity contribution in [2.45, 2.75) is 62.1 Å². The minimum atomic E-state index is -3.59. The summed E-state index contributed by atoms with van der Waals surface area (Å²) in [6.07, 6.45) is 8.09. The van der Waals surface area contributed by atoms with Gasteiger partial charge >= 0.3 is 0 Å². The number of pyridine rings is 1. The molecule has 4 rings (SSSR count). The summed E-state index contributed by atoms with van der Waals surface area (Å²) in [6.45, 7) is 0.305. The Morgan fingerprint density at radius 1 is 1.10 bits per heavy atom. The number of hydrogen-bond donors (Lipinski definition) is 2. The summed E-state index contributed by atoms with van der Waals surface area (Å²) in [4.78, 5) is 16.9. The Bertz CT molecular complexity index is 983. The molecule has 1 amide bonds. The van der Waals surface area contributed by atoms with Crippen LogP contribution >= 0.6 is 0 Å². The SMILES string of the molecule is O=C(NCc1ccnc(OC2CCCC2)c1)c1cccc(S(=O)(=O)NC2CC2)c1. The van der Waals surface area contributed by atoms with Crippen molar-refractivity contribution in [1.82, 2.24) is 15.0 Å². The standard InChI is InChI=1S/C21H25N3O4S/c25-21(16-4-3-7-19(13-16)29(26,27)24-17-8-9-17)23-14-15-10-11-22-20(12-15)28-18-5-1-2-6-18/h3-4,7,10-13,17-18,24H,1-2,5-6,8-9,14H2,(H,23,25). The van der Waals surface area contributed by atoms with Gasteiger partial charge in [0.05, 0.1) is 4.90 Å². The van der Waals surface area contributed by atoms with Crippen molar-refractivity contribution in [1.29, 1.82) is 0 Å². The largest absolute Gasteiger partial charge is 0.474 e. The third kappa shape index (κ3) is 5.33. The molecule has 0 aliphatic heterocycles.